The first-order chi connectivity index (χ1) is 9.67. The molecule has 2 heteroatoms. The first-order valence-corrected chi connectivity index (χ1v) is 9.77. The predicted octanol–water partition coefficient (Wildman–Crippen LogP) is 6.05. The lowest BCUT2D eigenvalue weighted by atomic mass is 9.80. The molecule has 0 aromatic heterocycles. The van der Waals surface area contributed by atoms with Crippen LogP contribution in [0.2, 0.25) is 0 Å². The van der Waals surface area contributed by atoms with Gasteiger partial charge in [0.15, 0.2) is 0 Å². The summed E-state index contributed by atoms with van der Waals surface area (Å²) in [6, 6.07) is 4.84. The van der Waals surface area contributed by atoms with Crippen LogP contribution in [0.25, 0.3) is 10.8 Å². The molecule has 0 radical (unpaired) electrons. The van der Waals surface area contributed by atoms with Gasteiger partial charge in [0, 0.05) is 7.14 Å². The van der Waals surface area contributed by atoms with Crippen molar-refractivity contribution in [2.24, 2.45) is 0 Å². The number of fused-ring (bicyclic) bond motifs is 2. The minimum Gasteiger partial charge on any atom is -0.0613 e. The molecule has 3 rings (SSSR count). The molecule has 0 heterocycles. The van der Waals surface area contributed by atoms with E-state index in [1.54, 1.807) is 22.3 Å². The molecule has 2 aromatic carbocycles. The predicted molar refractivity (Wildman–Crippen MR) is 105 cm³/mol. The third-order valence-electron chi connectivity index (χ3n) is 4.61. The minimum absolute atomic E-state index is 1.17. The van der Waals surface area contributed by atoms with Crippen molar-refractivity contribution in [3.63, 3.8) is 0 Å². The quantitative estimate of drug-likeness (QED) is 0.450. The average molecular weight is 490 g/mol. The molecule has 2 aromatic rings. The number of aryl methyl sites for hydroxylation is 2. The number of halogens is 2. The molecule has 0 atom stereocenters. The molecule has 0 amide bonds. The number of benzene rings is 2. The largest absolute Gasteiger partial charge is 0.0613 e. The van der Waals surface area contributed by atoms with E-state index in [0.717, 1.165) is 0 Å². The van der Waals surface area contributed by atoms with Crippen molar-refractivity contribution in [2.45, 2.75) is 52.4 Å². The number of hydrogen-bond donors (Lipinski definition) is 0. The second kappa shape index (κ2) is 6.11. The molecule has 0 unspecified atom stereocenters. The van der Waals surface area contributed by atoms with Gasteiger partial charge in [-0.05, 0) is 129 Å². The summed E-state index contributed by atoms with van der Waals surface area (Å²) >= 11 is 4.95. The summed E-state index contributed by atoms with van der Waals surface area (Å²) in [6.07, 6.45) is 7.67. The lowest BCUT2D eigenvalue weighted by Crippen LogP contribution is -2.11. The number of hydrogen-bond acceptors (Lipinski definition) is 0. The van der Waals surface area contributed by atoms with E-state index in [0.29, 0.717) is 0 Å². The maximum Gasteiger partial charge on any atom is 0.0270 e. The molecule has 0 fully saturated rings. The van der Waals surface area contributed by atoms with Gasteiger partial charge in [-0.3, -0.25) is 0 Å². The van der Waals surface area contributed by atoms with Gasteiger partial charge in [0.2, 0.25) is 0 Å². The molecule has 0 spiro atoms. The van der Waals surface area contributed by atoms with Crippen molar-refractivity contribution in [3.05, 3.63) is 41.5 Å². The Morgan fingerprint density at radius 3 is 1.55 bits per heavy atom. The highest BCUT2D eigenvalue weighted by Gasteiger charge is 2.20. The summed E-state index contributed by atoms with van der Waals surface area (Å²) in [5, 5.41) is 3.05. The lowest BCUT2D eigenvalue weighted by Gasteiger charge is -2.25. The van der Waals surface area contributed by atoms with Crippen LogP contribution >= 0.6 is 45.2 Å². The van der Waals surface area contributed by atoms with Crippen LogP contribution in [0.15, 0.2) is 12.1 Å². The van der Waals surface area contributed by atoms with Crippen molar-refractivity contribution < 1.29 is 0 Å². The smallest absolute Gasteiger partial charge is 0.0270 e. The average Bonchev–Trinajstić information content (AvgIpc) is 2.46. The van der Waals surface area contributed by atoms with Crippen LogP contribution in [0.4, 0.5) is 0 Å². The van der Waals surface area contributed by atoms with Crippen molar-refractivity contribution in [2.75, 3.05) is 0 Å². The summed E-state index contributed by atoms with van der Waals surface area (Å²) in [7, 11) is 0. The molecule has 0 bridgehead atoms. The second-order valence-electron chi connectivity index (χ2n) is 5.64. The van der Waals surface area contributed by atoms with Crippen LogP contribution in [0, 0.1) is 7.14 Å². The van der Waals surface area contributed by atoms with Crippen molar-refractivity contribution in [1.29, 1.82) is 0 Å². The first kappa shape index (κ1) is 15.1. The Morgan fingerprint density at radius 1 is 0.800 bits per heavy atom. The summed E-state index contributed by atoms with van der Waals surface area (Å²) < 4.78 is 2.78. The van der Waals surface area contributed by atoms with E-state index in [-0.39, 0.29) is 0 Å². The highest BCUT2D eigenvalue weighted by Crippen LogP contribution is 2.37. The van der Waals surface area contributed by atoms with Gasteiger partial charge in [-0.1, -0.05) is 13.8 Å². The molecule has 0 N–H and O–H groups in total. The van der Waals surface area contributed by atoms with Crippen molar-refractivity contribution in [1.82, 2.24) is 0 Å². The molecule has 1 aliphatic carbocycles. The Bertz CT molecular complexity index is 613. The van der Waals surface area contributed by atoms with Crippen LogP contribution in [0.3, 0.4) is 0 Å². The number of rotatable bonds is 2. The highest BCUT2D eigenvalue weighted by atomic mass is 127. The summed E-state index contributed by atoms with van der Waals surface area (Å²) in [6.45, 7) is 4.64. The maximum absolute atomic E-state index is 2.48. The van der Waals surface area contributed by atoms with Crippen LogP contribution in [-0.2, 0) is 25.7 Å². The Kier molecular flexibility index (Phi) is 4.60. The fourth-order valence-electron chi connectivity index (χ4n) is 3.75. The SMILES string of the molecule is CCc1c2c(c(CC)c3cc(I)c(I)cc13)CCCC2. The van der Waals surface area contributed by atoms with Gasteiger partial charge in [0.1, 0.15) is 0 Å². The Labute approximate surface area is 149 Å². The van der Waals surface area contributed by atoms with Crippen LogP contribution in [-0.4, -0.2) is 0 Å². The fourth-order valence-corrected chi connectivity index (χ4v) is 4.68. The van der Waals surface area contributed by atoms with Gasteiger partial charge < -0.3 is 0 Å². The highest BCUT2D eigenvalue weighted by molar-refractivity contribution is 14.1. The Morgan fingerprint density at radius 2 is 1.20 bits per heavy atom. The Balaban J connectivity index is 2.46. The van der Waals surface area contributed by atoms with Crippen LogP contribution in [0.5, 0.6) is 0 Å². The zero-order valence-corrected chi connectivity index (χ0v) is 16.5. The molecule has 20 heavy (non-hydrogen) atoms. The van der Waals surface area contributed by atoms with E-state index in [4.69, 9.17) is 0 Å². The van der Waals surface area contributed by atoms with Crippen LogP contribution in [0.1, 0.15) is 48.9 Å². The third-order valence-corrected chi connectivity index (χ3v) is 7.43. The van der Waals surface area contributed by atoms with E-state index in [2.05, 4.69) is 71.2 Å². The van der Waals surface area contributed by atoms with Gasteiger partial charge >= 0.3 is 0 Å². The third kappa shape index (κ3) is 2.40. The van der Waals surface area contributed by atoms with E-state index in [1.165, 1.54) is 56.4 Å². The lowest BCUT2D eigenvalue weighted by molar-refractivity contribution is 0.675. The maximum atomic E-state index is 2.48. The summed E-state index contributed by atoms with van der Waals surface area (Å²) in [5.41, 5.74) is 6.64. The molecule has 106 valence electrons. The normalized spacial score (nSPS) is 14.6. The van der Waals surface area contributed by atoms with Gasteiger partial charge in [0.25, 0.3) is 0 Å². The summed E-state index contributed by atoms with van der Waals surface area (Å²) in [4.78, 5) is 0. The first-order valence-electron chi connectivity index (χ1n) is 7.61. The molecule has 0 saturated carbocycles. The van der Waals surface area contributed by atoms with Gasteiger partial charge in [-0.2, -0.15) is 0 Å². The standard InChI is InChI=1S/C18H20I2/c1-3-11-13-7-5-6-8-14(13)12(4-2)16-10-18(20)17(19)9-15(11)16/h9-10H,3-8H2,1-2H3. The monoisotopic (exact) mass is 490 g/mol. The molecule has 0 nitrogen and oxygen atoms in total. The van der Waals surface area contributed by atoms with E-state index in [9.17, 15) is 0 Å². The molecular formula is C18H20I2. The van der Waals surface area contributed by atoms with Crippen molar-refractivity contribution >= 4 is 56.0 Å². The zero-order valence-electron chi connectivity index (χ0n) is 12.2. The zero-order chi connectivity index (χ0) is 14.3. The van der Waals surface area contributed by atoms with Gasteiger partial charge in [-0.15, -0.1) is 0 Å². The van der Waals surface area contributed by atoms with Gasteiger partial charge in [-0.25, -0.2) is 0 Å². The summed E-state index contributed by atoms with van der Waals surface area (Å²) in [5.74, 6) is 0. The van der Waals surface area contributed by atoms with E-state index < -0.39 is 0 Å². The Hall–Kier alpha value is 0.160. The van der Waals surface area contributed by atoms with Gasteiger partial charge in [0.05, 0.1) is 0 Å². The second-order valence-corrected chi connectivity index (χ2v) is 7.96. The topological polar surface area (TPSA) is 0 Å². The molecule has 0 aliphatic heterocycles. The van der Waals surface area contributed by atoms with Crippen molar-refractivity contribution in [3.8, 4) is 0 Å². The molecule has 1 aliphatic rings. The minimum atomic E-state index is 1.17. The van der Waals surface area contributed by atoms with E-state index >= 15 is 0 Å². The van der Waals surface area contributed by atoms with Crippen LogP contribution < -0.4 is 0 Å². The molecule has 0 saturated heterocycles. The molecular weight excluding hydrogens is 470 g/mol. The fraction of sp³-hybridized carbons (Fsp3) is 0.444. The van der Waals surface area contributed by atoms with E-state index in [1.807, 2.05) is 0 Å².